The van der Waals surface area contributed by atoms with Gasteiger partial charge >= 0.3 is 0 Å². The fourth-order valence-corrected chi connectivity index (χ4v) is 2.15. The Balaban J connectivity index is 2.27. The van der Waals surface area contributed by atoms with Crippen molar-refractivity contribution in [1.29, 1.82) is 0 Å². The lowest BCUT2D eigenvalue weighted by Gasteiger charge is -2.32. The van der Waals surface area contributed by atoms with Crippen LogP contribution in [0.1, 0.15) is 32.2 Å². The Hall–Kier alpha value is -0.840. The minimum atomic E-state index is 0.389. The van der Waals surface area contributed by atoms with Gasteiger partial charge in [-0.1, -0.05) is 6.42 Å². The second-order valence-corrected chi connectivity index (χ2v) is 4.08. The predicted molar refractivity (Wildman–Crippen MR) is 53.9 cm³/mol. The second-order valence-electron chi connectivity index (χ2n) is 3.69. The third-order valence-electron chi connectivity index (χ3n) is 2.97. The van der Waals surface area contributed by atoms with E-state index in [-0.39, 0.29) is 0 Å². The van der Waals surface area contributed by atoms with Crippen molar-refractivity contribution in [2.75, 3.05) is 5.73 Å². The molecule has 1 aliphatic rings. The Morgan fingerprint density at radius 2 is 2.38 bits per heavy atom. The highest BCUT2D eigenvalue weighted by Crippen LogP contribution is 2.36. The van der Waals surface area contributed by atoms with Crippen LogP contribution >= 0.6 is 12.2 Å². The monoisotopic (exact) mass is 198 g/mol. The van der Waals surface area contributed by atoms with E-state index in [1.807, 2.05) is 4.57 Å². The summed E-state index contributed by atoms with van der Waals surface area (Å²) in [6.07, 6.45) is 3.90. The maximum atomic E-state index is 5.71. The van der Waals surface area contributed by atoms with Crippen molar-refractivity contribution in [2.45, 2.75) is 32.2 Å². The molecule has 1 heterocycles. The summed E-state index contributed by atoms with van der Waals surface area (Å²) in [5, 5.41) is 6.61. The Morgan fingerprint density at radius 1 is 1.69 bits per heavy atom. The van der Waals surface area contributed by atoms with Gasteiger partial charge in [-0.3, -0.25) is 4.57 Å². The molecule has 1 fully saturated rings. The number of hydrogen-bond donors (Lipinski definition) is 2. The van der Waals surface area contributed by atoms with Crippen LogP contribution in [0.5, 0.6) is 0 Å². The van der Waals surface area contributed by atoms with E-state index in [0.717, 1.165) is 5.92 Å². The lowest BCUT2D eigenvalue weighted by molar-refractivity contribution is 0.223. The molecule has 1 saturated carbocycles. The number of aromatic nitrogens is 3. The zero-order valence-corrected chi connectivity index (χ0v) is 8.47. The quantitative estimate of drug-likeness (QED) is 0.713. The Bertz CT molecular complexity index is 349. The molecule has 0 saturated heterocycles. The normalized spacial score (nSPS) is 19.8. The Morgan fingerprint density at radius 3 is 2.77 bits per heavy atom. The molecule has 3 N–H and O–H groups in total. The molecule has 1 aromatic heterocycles. The molecule has 72 valence electrons. The van der Waals surface area contributed by atoms with E-state index < -0.39 is 0 Å². The van der Waals surface area contributed by atoms with Gasteiger partial charge in [-0.05, 0) is 37.9 Å². The molecule has 0 radical (unpaired) electrons. The molecule has 0 amide bonds. The van der Waals surface area contributed by atoms with Crippen molar-refractivity contribution in [3.05, 3.63) is 4.77 Å². The van der Waals surface area contributed by atoms with Crippen LogP contribution in [0.25, 0.3) is 0 Å². The van der Waals surface area contributed by atoms with Gasteiger partial charge < -0.3 is 5.73 Å². The van der Waals surface area contributed by atoms with Gasteiger partial charge in [-0.25, -0.2) is 5.10 Å². The van der Waals surface area contributed by atoms with E-state index in [1.165, 1.54) is 19.3 Å². The lowest BCUT2D eigenvalue weighted by atomic mass is 9.80. The molecule has 0 spiro atoms. The van der Waals surface area contributed by atoms with Gasteiger partial charge in [-0.2, -0.15) is 0 Å². The molecular formula is C8H14N4S. The molecule has 0 aliphatic heterocycles. The van der Waals surface area contributed by atoms with Crippen LogP contribution in [0.2, 0.25) is 0 Å². The molecule has 13 heavy (non-hydrogen) atoms. The van der Waals surface area contributed by atoms with Gasteiger partial charge in [0, 0.05) is 6.04 Å². The summed E-state index contributed by atoms with van der Waals surface area (Å²) in [5.41, 5.74) is 5.71. The van der Waals surface area contributed by atoms with Gasteiger partial charge in [0.2, 0.25) is 5.95 Å². The zero-order valence-electron chi connectivity index (χ0n) is 7.66. The van der Waals surface area contributed by atoms with E-state index in [2.05, 4.69) is 17.1 Å². The van der Waals surface area contributed by atoms with Gasteiger partial charge in [0.15, 0.2) is 4.77 Å². The SMILES string of the molecule is CC(C1CCC1)n1c(N)n[nH]c1=S. The Labute approximate surface area is 82.1 Å². The molecule has 1 aliphatic carbocycles. The number of nitrogen functional groups attached to an aromatic ring is 1. The predicted octanol–water partition coefficient (Wildman–Crippen LogP) is 1.88. The van der Waals surface area contributed by atoms with Crippen LogP contribution in [0.4, 0.5) is 5.95 Å². The van der Waals surface area contributed by atoms with Crippen molar-refractivity contribution in [2.24, 2.45) is 5.92 Å². The van der Waals surface area contributed by atoms with Crippen LogP contribution in [0.15, 0.2) is 0 Å². The first kappa shape index (κ1) is 8.74. The number of nitrogens with one attached hydrogen (secondary N) is 1. The van der Waals surface area contributed by atoms with Crippen molar-refractivity contribution in [3.63, 3.8) is 0 Å². The molecule has 1 unspecified atom stereocenters. The lowest BCUT2D eigenvalue weighted by Crippen LogP contribution is -2.23. The number of anilines is 1. The average molecular weight is 198 g/mol. The third-order valence-corrected chi connectivity index (χ3v) is 3.26. The molecule has 0 bridgehead atoms. The molecular weight excluding hydrogens is 184 g/mol. The Kier molecular flexibility index (Phi) is 2.11. The van der Waals surface area contributed by atoms with Crippen molar-refractivity contribution in [1.82, 2.24) is 14.8 Å². The summed E-state index contributed by atoms with van der Waals surface area (Å²) >= 11 is 5.11. The van der Waals surface area contributed by atoms with Gasteiger partial charge in [-0.15, -0.1) is 5.10 Å². The number of nitrogens with two attached hydrogens (primary N) is 1. The van der Waals surface area contributed by atoms with E-state index >= 15 is 0 Å². The first-order chi connectivity index (χ1) is 6.20. The van der Waals surface area contributed by atoms with Gasteiger partial charge in [0.25, 0.3) is 0 Å². The summed E-state index contributed by atoms with van der Waals surface area (Å²) < 4.78 is 2.55. The van der Waals surface area contributed by atoms with Crippen LogP contribution < -0.4 is 5.73 Å². The summed E-state index contributed by atoms with van der Waals surface area (Å²) in [4.78, 5) is 0. The van der Waals surface area contributed by atoms with Crippen molar-refractivity contribution in [3.8, 4) is 0 Å². The highest BCUT2D eigenvalue weighted by atomic mass is 32.1. The summed E-state index contributed by atoms with van der Waals surface area (Å²) in [6.45, 7) is 2.16. The highest BCUT2D eigenvalue weighted by Gasteiger charge is 2.26. The first-order valence-electron chi connectivity index (χ1n) is 4.62. The third kappa shape index (κ3) is 1.37. The molecule has 1 aromatic rings. The molecule has 2 rings (SSSR count). The maximum absolute atomic E-state index is 5.71. The maximum Gasteiger partial charge on any atom is 0.220 e. The van der Waals surface area contributed by atoms with Gasteiger partial charge in [0.05, 0.1) is 0 Å². The van der Waals surface area contributed by atoms with Crippen LogP contribution in [-0.2, 0) is 0 Å². The summed E-state index contributed by atoms with van der Waals surface area (Å²) in [7, 11) is 0. The fourth-order valence-electron chi connectivity index (χ4n) is 1.84. The average Bonchev–Trinajstić information content (AvgIpc) is 2.27. The summed E-state index contributed by atoms with van der Waals surface area (Å²) in [6, 6.07) is 0.389. The van der Waals surface area contributed by atoms with E-state index in [4.69, 9.17) is 18.0 Å². The number of nitrogens with zero attached hydrogens (tertiary/aromatic N) is 2. The molecule has 4 nitrogen and oxygen atoms in total. The number of H-pyrrole nitrogens is 1. The smallest absolute Gasteiger partial charge is 0.220 e. The van der Waals surface area contributed by atoms with E-state index in [0.29, 0.717) is 16.8 Å². The number of hydrogen-bond acceptors (Lipinski definition) is 3. The number of aromatic amines is 1. The zero-order chi connectivity index (χ0) is 9.42. The minimum Gasteiger partial charge on any atom is -0.368 e. The summed E-state index contributed by atoms with van der Waals surface area (Å²) in [5.74, 6) is 1.23. The molecule has 5 heteroatoms. The van der Waals surface area contributed by atoms with Crippen LogP contribution in [-0.4, -0.2) is 14.8 Å². The fraction of sp³-hybridized carbons (Fsp3) is 0.750. The topological polar surface area (TPSA) is 59.6 Å². The van der Waals surface area contributed by atoms with Crippen LogP contribution in [0, 0.1) is 10.7 Å². The van der Waals surface area contributed by atoms with Crippen LogP contribution in [0.3, 0.4) is 0 Å². The first-order valence-corrected chi connectivity index (χ1v) is 5.03. The molecule has 1 atom stereocenters. The number of rotatable bonds is 2. The van der Waals surface area contributed by atoms with Crippen molar-refractivity contribution >= 4 is 18.2 Å². The largest absolute Gasteiger partial charge is 0.368 e. The second kappa shape index (κ2) is 3.14. The standard InChI is InChI=1S/C8H14N4S/c1-5(6-3-2-4-6)12-7(9)10-11-8(12)13/h5-6H,2-4H2,1H3,(H2,9,10)(H,11,13). The van der Waals surface area contributed by atoms with Crippen molar-refractivity contribution < 1.29 is 0 Å². The van der Waals surface area contributed by atoms with Gasteiger partial charge in [0.1, 0.15) is 0 Å². The highest BCUT2D eigenvalue weighted by molar-refractivity contribution is 7.71. The molecule has 0 aromatic carbocycles. The minimum absolute atomic E-state index is 0.389. The van der Waals surface area contributed by atoms with E-state index in [9.17, 15) is 0 Å². The van der Waals surface area contributed by atoms with E-state index in [1.54, 1.807) is 0 Å².